The molecular formula is C40H48FN3O11Si. The Balaban J connectivity index is 1.17. The van der Waals surface area contributed by atoms with E-state index in [0.717, 1.165) is 11.1 Å². The number of aliphatic hydroxyl groups excluding tert-OH is 5. The van der Waals surface area contributed by atoms with Gasteiger partial charge in [-0.2, -0.15) is 0 Å². The molecule has 4 aliphatic rings. The van der Waals surface area contributed by atoms with Crippen molar-refractivity contribution in [1.29, 1.82) is 0 Å². The number of hydrogen-bond donors (Lipinski definition) is 6. The van der Waals surface area contributed by atoms with Crippen LogP contribution in [0.1, 0.15) is 35.6 Å². The van der Waals surface area contributed by atoms with Crippen molar-refractivity contribution in [1.82, 2.24) is 4.90 Å². The summed E-state index contributed by atoms with van der Waals surface area (Å²) in [5.41, 5.74) is 1.44. The zero-order chi connectivity index (χ0) is 40.3. The van der Waals surface area contributed by atoms with Crippen molar-refractivity contribution >= 4 is 37.5 Å². The Labute approximate surface area is 324 Å². The molecule has 4 aliphatic heterocycles. The molecule has 0 aromatic heterocycles. The van der Waals surface area contributed by atoms with Crippen molar-refractivity contribution in [3.8, 4) is 5.75 Å². The average Bonchev–Trinajstić information content (AvgIpc) is 3.60. The van der Waals surface area contributed by atoms with Gasteiger partial charge in [0, 0.05) is 29.3 Å². The Bertz CT molecular complexity index is 2000. The molecule has 7 rings (SSSR count). The highest BCUT2D eigenvalue weighted by atomic mass is 28.4. The van der Waals surface area contributed by atoms with Crippen LogP contribution in [0.2, 0.25) is 18.6 Å². The molecule has 0 aliphatic carbocycles. The first-order chi connectivity index (χ1) is 26.6. The number of amides is 3. The first-order valence-corrected chi connectivity index (χ1v) is 21.7. The third-order valence-corrected chi connectivity index (χ3v) is 14.3. The highest BCUT2D eigenvalue weighted by Crippen LogP contribution is 2.61. The van der Waals surface area contributed by atoms with Gasteiger partial charge in [0.05, 0.1) is 44.5 Å². The number of halogens is 1. The molecule has 2 fully saturated rings. The lowest BCUT2D eigenvalue weighted by atomic mass is 9.82. The number of ether oxygens (including phenoxy) is 3. The molecule has 0 radical (unpaired) electrons. The molecule has 3 aromatic rings. The quantitative estimate of drug-likeness (QED) is 0.137. The number of carbonyl (C=O) groups excluding carboxylic acids is 3. The summed E-state index contributed by atoms with van der Waals surface area (Å²) in [4.78, 5) is 45.4. The lowest BCUT2D eigenvalue weighted by molar-refractivity contribution is -0.274. The molecule has 0 bridgehead atoms. The van der Waals surface area contributed by atoms with Gasteiger partial charge in [0.15, 0.2) is 18.0 Å². The van der Waals surface area contributed by atoms with Crippen molar-refractivity contribution in [3.05, 3.63) is 89.0 Å². The van der Waals surface area contributed by atoms with E-state index in [-0.39, 0.29) is 31.2 Å². The van der Waals surface area contributed by atoms with Crippen molar-refractivity contribution in [2.45, 2.75) is 99.9 Å². The fraction of sp³-hybridized carbons (Fsp3) is 0.475. The SMILES string of the molecule is COc1ccc2c(c1)[C@]1(O[C@@H](CC(=O)N3Cc4ccccc4C[C@H]3CO)[C@H]([Si](C)(C)F)[C@H]1C)C(=O)N2Cc1cccc(NC(=O)[C@H]2O[C@@H](O)[C@H](O)[C@@H](O)[C@@H]2O)c1. The molecule has 2 saturated heterocycles. The molecular weight excluding hydrogens is 746 g/mol. The third kappa shape index (κ3) is 6.91. The van der Waals surface area contributed by atoms with Crippen LogP contribution in [0.25, 0.3) is 0 Å². The smallest absolute Gasteiger partial charge is 0.264 e. The van der Waals surface area contributed by atoms with E-state index >= 15 is 4.11 Å². The maximum atomic E-state index is 16.6. The number of fused-ring (bicyclic) bond motifs is 3. The highest BCUT2D eigenvalue weighted by molar-refractivity contribution is 6.72. The number of anilines is 2. The van der Waals surface area contributed by atoms with Crippen LogP contribution >= 0.6 is 0 Å². The first-order valence-electron chi connectivity index (χ1n) is 18.7. The standard InChI is InChI=1S/C40H48FN3O11Si/c1-21-36(56(3,4)41)30(17-31(46)43-19-24-10-6-5-9-23(24)15-26(43)20-45)55-40(21)28-16-27(53-2)12-13-29(28)44(39(40)52)18-22-8-7-11-25(14-22)42-37(50)35-33(48)32(47)34(49)38(51)54-35/h5-14,16,21,26,30,32-36,38,45,47-49,51H,15,17-20H2,1-4H3,(H,42,50)/t21-,26+,30+,32+,33+,34-,35+,36-,38-,40+/m1/s1. The molecule has 10 atom stereocenters. The van der Waals surface area contributed by atoms with Crippen molar-refractivity contribution in [3.63, 3.8) is 0 Å². The second-order valence-electron chi connectivity index (χ2n) is 15.7. The summed E-state index contributed by atoms with van der Waals surface area (Å²) in [6.45, 7) is 4.98. The molecule has 14 nitrogen and oxygen atoms in total. The normalized spacial score (nSPS) is 31.3. The Morgan fingerprint density at radius 2 is 1.73 bits per heavy atom. The Hall–Kier alpha value is -4.26. The number of rotatable bonds is 9. The fourth-order valence-corrected chi connectivity index (χ4v) is 11.6. The van der Waals surface area contributed by atoms with E-state index in [4.69, 9.17) is 14.2 Å². The predicted molar refractivity (Wildman–Crippen MR) is 202 cm³/mol. The molecule has 0 unspecified atom stereocenters. The van der Waals surface area contributed by atoms with Gasteiger partial charge in [-0.25, -0.2) is 0 Å². The number of carbonyl (C=O) groups is 3. The van der Waals surface area contributed by atoms with Gasteiger partial charge < -0.3 is 59.0 Å². The lowest BCUT2D eigenvalue weighted by Crippen LogP contribution is -2.60. The van der Waals surface area contributed by atoms with Gasteiger partial charge in [0.25, 0.3) is 11.8 Å². The number of hydrogen-bond acceptors (Lipinski definition) is 11. The van der Waals surface area contributed by atoms with Crippen LogP contribution in [-0.2, 0) is 49.0 Å². The number of aliphatic hydroxyl groups is 5. The molecule has 4 heterocycles. The summed E-state index contributed by atoms with van der Waals surface area (Å²) in [6, 6.07) is 19.0. The van der Waals surface area contributed by atoms with Crippen molar-refractivity contribution < 1.29 is 58.2 Å². The Morgan fingerprint density at radius 1 is 1.00 bits per heavy atom. The van der Waals surface area contributed by atoms with Crippen LogP contribution in [0.15, 0.2) is 66.7 Å². The second-order valence-corrected chi connectivity index (χ2v) is 19.5. The van der Waals surface area contributed by atoms with Crippen LogP contribution in [0.5, 0.6) is 5.75 Å². The van der Waals surface area contributed by atoms with E-state index in [1.54, 1.807) is 67.4 Å². The number of benzene rings is 3. The van der Waals surface area contributed by atoms with E-state index in [0.29, 0.717) is 35.5 Å². The molecule has 3 amide bonds. The molecule has 0 saturated carbocycles. The summed E-state index contributed by atoms with van der Waals surface area (Å²) in [6.07, 6.45) is -9.68. The van der Waals surface area contributed by atoms with E-state index in [1.165, 1.54) is 12.0 Å². The number of nitrogens with one attached hydrogen (secondary N) is 1. The maximum Gasteiger partial charge on any atom is 0.264 e. The van der Waals surface area contributed by atoms with Crippen LogP contribution in [0.4, 0.5) is 15.5 Å². The van der Waals surface area contributed by atoms with Crippen LogP contribution in [0.3, 0.4) is 0 Å². The first kappa shape index (κ1) is 40.0. The molecule has 6 N–H and O–H groups in total. The molecule has 300 valence electrons. The summed E-state index contributed by atoms with van der Waals surface area (Å²) < 4.78 is 34.0. The monoisotopic (exact) mass is 793 g/mol. The highest BCUT2D eigenvalue weighted by Gasteiger charge is 2.67. The lowest BCUT2D eigenvalue weighted by Gasteiger charge is -2.37. The van der Waals surface area contributed by atoms with E-state index in [1.807, 2.05) is 24.3 Å². The van der Waals surface area contributed by atoms with E-state index < -0.39 is 80.1 Å². The maximum absolute atomic E-state index is 16.6. The number of methoxy groups -OCH3 is 1. The topological polar surface area (TPSA) is 199 Å². The molecule has 56 heavy (non-hydrogen) atoms. The summed E-state index contributed by atoms with van der Waals surface area (Å²) in [5, 5.41) is 53.0. The summed E-state index contributed by atoms with van der Waals surface area (Å²) in [7, 11) is -2.13. The predicted octanol–water partition coefficient (Wildman–Crippen LogP) is 2.09. The van der Waals surface area contributed by atoms with Crippen molar-refractivity contribution in [2.75, 3.05) is 23.9 Å². The minimum absolute atomic E-state index is 0.00194. The van der Waals surface area contributed by atoms with Gasteiger partial charge in [-0.3, -0.25) is 14.4 Å². The van der Waals surface area contributed by atoms with Crippen molar-refractivity contribution in [2.24, 2.45) is 5.92 Å². The molecule has 3 aromatic carbocycles. The van der Waals surface area contributed by atoms with Crippen LogP contribution in [0, 0.1) is 5.92 Å². The van der Waals surface area contributed by atoms with Crippen LogP contribution in [-0.4, -0.2) is 113 Å². The molecule has 16 heteroatoms. The number of nitrogens with zero attached hydrogens (tertiary/aromatic N) is 2. The van der Waals surface area contributed by atoms with Gasteiger partial charge in [-0.05, 0) is 66.5 Å². The fourth-order valence-electron chi connectivity index (χ4n) is 9.06. The van der Waals surface area contributed by atoms with Crippen LogP contribution < -0.4 is 15.0 Å². The Kier molecular flexibility index (Phi) is 10.9. The van der Waals surface area contributed by atoms with Gasteiger partial charge in [0.2, 0.25) is 14.3 Å². The van der Waals surface area contributed by atoms with Gasteiger partial charge in [0.1, 0.15) is 24.1 Å². The Morgan fingerprint density at radius 3 is 2.43 bits per heavy atom. The van der Waals surface area contributed by atoms with Gasteiger partial charge in [-0.1, -0.05) is 43.3 Å². The van der Waals surface area contributed by atoms with E-state index in [2.05, 4.69) is 5.32 Å². The average molecular weight is 794 g/mol. The largest absolute Gasteiger partial charge is 0.497 e. The van der Waals surface area contributed by atoms with Gasteiger partial charge >= 0.3 is 0 Å². The molecule has 1 spiro atoms. The van der Waals surface area contributed by atoms with E-state index in [9.17, 15) is 39.9 Å². The summed E-state index contributed by atoms with van der Waals surface area (Å²) in [5.74, 6) is -1.86. The summed E-state index contributed by atoms with van der Waals surface area (Å²) >= 11 is 0. The second kappa shape index (κ2) is 15.2. The third-order valence-electron chi connectivity index (χ3n) is 11.8. The zero-order valence-electron chi connectivity index (χ0n) is 31.5. The van der Waals surface area contributed by atoms with Gasteiger partial charge in [-0.15, -0.1) is 0 Å². The zero-order valence-corrected chi connectivity index (χ0v) is 32.5. The minimum atomic E-state index is -3.63. The minimum Gasteiger partial charge on any atom is -0.497 e.